The van der Waals surface area contributed by atoms with E-state index in [2.05, 4.69) is 16.0 Å². The van der Waals surface area contributed by atoms with Crippen molar-refractivity contribution in [2.24, 2.45) is 0 Å². The van der Waals surface area contributed by atoms with Crippen molar-refractivity contribution in [2.45, 2.75) is 37.1 Å². The molecule has 1 saturated heterocycles. The second kappa shape index (κ2) is 6.38. The highest BCUT2D eigenvalue weighted by atomic mass is 16.2. The van der Waals surface area contributed by atoms with Crippen LogP contribution in [-0.2, 0) is 17.6 Å². The molecule has 1 aliphatic heterocycles. The number of fused-ring (bicyclic) bond motifs is 2. The highest BCUT2D eigenvalue weighted by Gasteiger charge is 2.50. The van der Waals surface area contributed by atoms with Gasteiger partial charge in [0, 0.05) is 35.5 Å². The zero-order valence-electron chi connectivity index (χ0n) is 16.7. The molecule has 1 saturated carbocycles. The number of hydrogen-bond acceptors (Lipinski definition) is 4. The van der Waals surface area contributed by atoms with Crippen LogP contribution in [0.4, 0.5) is 10.5 Å². The molecule has 0 radical (unpaired) electrons. The molecule has 2 heterocycles. The van der Waals surface area contributed by atoms with E-state index < -0.39 is 11.6 Å². The fourth-order valence-corrected chi connectivity index (χ4v) is 4.70. The minimum atomic E-state index is -0.914. The molecule has 6 rings (SSSR count). The third-order valence-corrected chi connectivity index (χ3v) is 6.44. The Morgan fingerprint density at radius 2 is 1.84 bits per heavy atom. The van der Waals surface area contributed by atoms with Crippen molar-refractivity contribution in [3.63, 3.8) is 0 Å². The van der Waals surface area contributed by atoms with Crippen LogP contribution in [-0.4, -0.2) is 28.4 Å². The van der Waals surface area contributed by atoms with Crippen LogP contribution in [0.5, 0.6) is 0 Å². The first-order valence-electron chi connectivity index (χ1n) is 10.5. The fourth-order valence-electron chi connectivity index (χ4n) is 4.70. The summed E-state index contributed by atoms with van der Waals surface area (Å²) < 4.78 is 0. The largest absolute Gasteiger partial charge is 0.323 e. The molecule has 7 heteroatoms. The molecule has 3 N–H and O–H groups in total. The van der Waals surface area contributed by atoms with E-state index in [-0.39, 0.29) is 11.8 Å². The average Bonchev–Trinajstić information content (AvgIpc) is 3.48. The molecular weight excluding hydrogens is 392 g/mol. The summed E-state index contributed by atoms with van der Waals surface area (Å²) in [5, 5.41) is 8.93. The van der Waals surface area contributed by atoms with Crippen molar-refractivity contribution < 1.29 is 14.4 Å². The number of carbonyl (C=O) groups excluding carboxylic acids is 3. The highest BCUT2D eigenvalue weighted by molar-refractivity contribution is 6.12. The van der Waals surface area contributed by atoms with Gasteiger partial charge in [-0.25, -0.2) is 4.79 Å². The summed E-state index contributed by atoms with van der Waals surface area (Å²) in [6, 6.07) is 14.8. The standard InChI is InChI=1S/C24H20N4O3/c29-21(18-10-20(13-5-6-13)26-19-4-2-1-3-17(18)19)25-16-8-7-14-11-24(12-15(14)9-16)22(30)27-23(31)28-24/h1-4,7-10,13H,5-6,11-12H2,(H,25,29)(H2,27,28,30,31). The molecular formula is C24H20N4O3. The van der Waals surface area contributed by atoms with Gasteiger partial charge in [0.05, 0.1) is 11.1 Å². The van der Waals surface area contributed by atoms with E-state index in [9.17, 15) is 14.4 Å². The number of hydrogen-bond donors (Lipinski definition) is 3. The zero-order chi connectivity index (χ0) is 21.2. The third-order valence-electron chi connectivity index (χ3n) is 6.44. The number of amides is 4. The van der Waals surface area contributed by atoms with Gasteiger partial charge in [-0.05, 0) is 48.2 Å². The van der Waals surface area contributed by atoms with Gasteiger partial charge in [-0.15, -0.1) is 0 Å². The van der Waals surface area contributed by atoms with Crippen molar-refractivity contribution in [2.75, 3.05) is 5.32 Å². The number of pyridine rings is 1. The Kier molecular flexibility index (Phi) is 3.72. The van der Waals surface area contributed by atoms with Crippen molar-refractivity contribution in [1.82, 2.24) is 15.6 Å². The Hall–Kier alpha value is -3.74. The van der Waals surface area contributed by atoms with Gasteiger partial charge in [-0.3, -0.25) is 19.9 Å². The van der Waals surface area contributed by atoms with Crippen LogP contribution in [0.3, 0.4) is 0 Å². The quantitative estimate of drug-likeness (QED) is 0.576. The molecule has 0 bridgehead atoms. The van der Waals surface area contributed by atoms with Crippen LogP contribution in [0, 0.1) is 0 Å². The lowest BCUT2D eigenvalue weighted by atomic mass is 9.96. The lowest BCUT2D eigenvalue weighted by Crippen LogP contribution is -2.47. The molecule has 2 fully saturated rings. The lowest BCUT2D eigenvalue weighted by molar-refractivity contribution is -0.123. The topological polar surface area (TPSA) is 100 Å². The Balaban J connectivity index is 1.30. The first kappa shape index (κ1) is 18.1. The number of anilines is 1. The summed E-state index contributed by atoms with van der Waals surface area (Å²) in [5.41, 5.74) is 4.13. The van der Waals surface area contributed by atoms with Gasteiger partial charge in [0.15, 0.2) is 0 Å². The number of nitrogens with zero attached hydrogens (tertiary/aromatic N) is 1. The summed E-state index contributed by atoms with van der Waals surface area (Å²) >= 11 is 0. The van der Waals surface area contributed by atoms with Crippen molar-refractivity contribution in [3.05, 3.63) is 70.9 Å². The monoisotopic (exact) mass is 412 g/mol. The first-order valence-corrected chi connectivity index (χ1v) is 10.5. The van der Waals surface area contributed by atoms with Crippen molar-refractivity contribution in [1.29, 1.82) is 0 Å². The van der Waals surface area contributed by atoms with E-state index in [0.717, 1.165) is 40.6 Å². The number of nitrogens with one attached hydrogen (secondary N) is 3. The summed E-state index contributed by atoms with van der Waals surface area (Å²) in [5.74, 6) is -0.0321. The Morgan fingerprint density at radius 3 is 2.61 bits per heavy atom. The average molecular weight is 412 g/mol. The van der Waals surface area contributed by atoms with Gasteiger partial charge < -0.3 is 10.6 Å². The van der Waals surface area contributed by atoms with Gasteiger partial charge >= 0.3 is 6.03 Å². The smallest absolute Gasteiger partial charge is 0.322 e. The van der Waals surface area contributed by atoms with Crippen LogP contribution in [0.25, 0.3) is 10.9 Å². The number of rotatable bonds is 3. The molecule has 154 valence electrons. The van der Waals surface area contributed by atoms with E-state index in [1.165, 1.54) is 0 Å². The van der Waals surface area contributed by atoms with Crippen LogP contribution in [0.15, 0.2) is 48.5 Å². The summed E-state index contributed by atoms with van der Waals surface area (Å²) in [4.78, 5) is 41.8. The van der Waals surface area contributed by atoms with Gasteiger partial charge in [-0.2, -0.15) is 0 Å². The molecule has 7 nitrogen and oxygen atoms in total. The first-order chi connectivity index (χ1) is 15.0. The Labute approximate surface area is 178 Å². The van der Waals surface area contributed by atoms with E-state index >= 15 is 0 Å². The minimum absolute atomic E-state index is 0.180. The SMILES string of the molecule is O=C1NC(=O)C2(Cc3ccc(NC(=O)c4cc(C5CC5)nc5ccccc45)cc3C2)N1. The van der Waals surface area contributed by atoms with E-state index in [4.69, 9.17) is 4.98 Å². The summed E-state index contributed by atoms with van der Waals surface area (Å²) in [6.07, 6.45) is 3.09. The second-order valence-electron chi connectivity index (χ2n) is 8.67. The number of urea groups is 1. The number of para-hydroxylation sites is 1. The summed E-state index contributed by atoms with van der Waals surface area (Å²) in [7, 11) is 0. The van der Waals surface area contributed by atoms with Crippen molar-refractivity contribution >= 4 is 34.4 Å². The highest BCUT2D eigenvalue weighted by Crippen LogP contribution is 2.40. The van der Waals surface area contributed by atoms with Crippen LogP contribution in [0.1, 0.15) is 45.9 Å². The van der Waals surface area contributed by atoms with E-state index in [0.29, 0.717) is 30.0 Å². The molecule has 3 aliphatic rings. The van der Waals surface area contributed by atoms with Crippen molar-refractivity contribution in [3.8, 4) is 0 Å². The maximum absolute atomic E-state index is 13.2. The van der Waals surface area contributed by atoms with E-state index in [1.807, 2.05) is 48.5 Å². The van der Waals surface area contributed by atoms with Crippen LogP contribution < -0.4 is 16.0 Å². The molecule has 2 aromatic carbocycles. The molecule has 1 unspecified atom stereocenters. The second-order valence-corrected chi connectivity index (χ2v) is 8.67. The number of carbonyl (C=O) groups is 3. The summed E-state index contributed by atoms with van der Waals surface area (Å²) in [6.45, 7) is 0. The Bertz CT molecular complexity index is 1300. The van der Waals surface area contributed by atoms with Gasteiger partial charge in [0.1, 0.15) is 5.54 Å². The zero-order valence-corrected chi connectivity index (χ0v) is 16.7. The lowest BCUT2D eigenvalue weighted by Gasteiger charge is -2.18. The fraction of sp³-hybridized carbons (Fsp3) is 0.250. The molecule has 4 amide bonds. The molecule has 1 atom stereocenters. The predicted octanol–water partition coefficient (Wildman–Crippen LogP) is 3.04. The molecule has 1 spiro atoms. The number of imide groups is 1. The molecule has 2 aliphatic carbocycles. The minimum Gasteiger partial charge on any atom is -0.323 e. The normalized spacial score (nSPS) is 21.8. The molecule has 1 aromatic heterocycles. The maximum Gasteiger partial charge on any atom is 0.322 e. The Morgan fingerprint density at radius 1 is 1.03 bits per heavy atom. The molecule has 31 heavy (non-hydrogen) atoms. The van der Waals surface area contributed by atoms with Gasteiger partial charge in [0.25, 0.3) is 11.8 Å². The maximum atomic E-state index is 13.2. The third kappa shape index (κ3) is 2.96. The predicted molar refractivity (Wildman–Crippen MR) is 115 cm³/mol. The number of aromatic nitrogens is 1. The number of benzene rings is 2. The van der Waals surface area contributed by atoms with Gasteiger partial charge in [-0.1, -0.05) is 24.3 Å². The molecule has 3 aromatic rings. The van der Waals surface area contributed by atoms with Crippen LogP contribution >= 0.6 is 0 Å². The van der Waals surface area contributed by atoms with Crippen LogP contribution in [0.2, 0.25) is 0 Å². The van der Waals surface area contributed by atoms with Gasteiger partial charge in [0.2, 0.25) is 0 Å². The van der Waals surface area contributed by atoms with E-state index in [1.54, 1.807) is 0 Å².